The lowest BCUT2D eigenvalue weighted by Gasteiger charge is -2.19. The predicted molar refractivity (Wildman–Crippen MR) is 49.1 cm³/mol. The van der Waals surface area contributed by atoms with Gasteiger partial charge >= 0.3 is 0 Å². The first kappa shape index (κ1) is 9.93. The van der Waals surface area contributed by atoms with Crippen LogP contribution < -0.4 is 5.32 Å². The molecule has 0 aromatic rings. The molecule has 72 valence electrons. The van der Waals surface area contributed by atoms with Crippen LogP contribution in [0.5, 0.6) is 0 Å². The van der Waals surface area contributed by atoms with Gasteiger partial charge in [0.1, 0.15) is 5.67 Å². The molecule has 1 fully saturated rings. The van der Waals surface area contributed by atoms with Crippen LogP contribution >= 0.6 is 0 Å². The van der Waals surface area contributed by atoms with Crippen molar-refractivity contribution < 1.29 is 4.39 Å². The zero-order chi connectivity index (χ0) is 9.19. The van der Waals surface area contributed by atoms with Gasteiger partial charge in [-0.05, 0) is 33.9 Å². The van der Waals surface area contributed by atoms with Gasteiger partial charge in [-0.15, -0.1) is 0 Å². The molecule has 0 aromatic carbocycles. The van der Waals surface area contributed by atoms with Crippen molar-refractivity contribution in [1.82, 2.24) is 10.2 Å². The summed E-state index contributed by atoms with van der Waals surface area (Å²) < 4.78 is 13.1. The molecule has 1 saturated heterocycles. The molecule has 0 amide bonds. The second kappa shape index (κ2) is 3.71. The third-order valence-corrected chi connectivity index (χ3v) is 2.20. The third-order valence-electron chi connectivity index (χ3n) is 2.20. The fraction of sp³-hybridized carbons (Fsp3) is 1.00. The van der Waals surface area contributed by atoms with Crippen LogP contribution in [0.4, 0.5) is 4.39 Å². The summed E-state index contributed by atoms with van der Waals surface area (Å²) >= 11 is 0. The van der Waals surface area contributed by atoms with Crippen LogP contribution in [-0.4, -0.2) is 43.3 Å². The molecule has 1 atom stereocenters. The molecule has 12 heavy (non-hydrogen) atoms. The summed E-state index contributed by atoms with van der Waals surface area (Å²) in [7, 11) is 2.10. The average Bonchev–Trinajstić information content (AvgIpc) is 2.30. The summed E-state index contributed by atoms with van der Waals surface area (Å²) in [6.45, 7) is 5.86. The van der Waals surface area contributed by atoms with E-state index in [1.165, 1.54) is 0 Å². The summed E-state index contributed by atoms with van der Waals surface area (Å²) in [4.78, 5) is 2.27. The molecule has 1 aliphatic rings. The number of hydrogen-bond donors (Lipinski definition) is 1. The molecular formula is C9H19FN2. The van der Waals surface area contributed by atoms with Crippen LogP contribution in [0.1, 0.15) is 20.3 Å². The second-order valence-electron chi connectivity index (χ2n) is 4.35. The Balaban J connectivity index is 2.16. The lowest BCUT2D eigenvalue weighted by Crippen LogP contribution is -2.39. The van der Waals surface area contributed by atoms with E-state index < -0.39 is 5.67 Å². The first-order chi connectivity index (χ1) is 5.47. The molecule has 0 bridgehead atoms. The van der Waals surface area contributed by atoms with Gasteiger partial charge in [0.2, 0.25) is 0 Å². The van der Waals surface area contributed by atoms with Crippen LogP contribution in [-0.2, 0) is 0 Å². The van der Waals surface area contributed by atoms with Crippen molar-refractivity contribution in [2.45, 2.75) is 32.0 Å². The monoisotopic (exact) mass is 174 g/mol. The smallest absolute Gasteiger partial charge is 0.117 e. The standard InChI is InChI=1S/C9H19FN2/c1-9(2,10)7-11-8-4-5-12(3)6-8/h8,11H,4-7H2,1-3H3. The van der Waals surface area contributed by atoms with Gasteiger partial charge < -0.3 is 10.2 Å². The average molecular weight is 174 g/mol. The minimum atomic E-state index is -1.08. The second-order valence-corrected chi connectivity index (χ2v) is 4.35. The zero-order valence-electron chi connectivity index (χ0n) is 8.23. The first-order valence-corrected chi connectivity index (χ1v) is 4.58. The highest BCUT2D eigenvalue weighted by atomic mass is 19.1. The maximum Gasteiger partial charge on any atom is 0.117 e. The normalized spacial score (nSPS) is 26.5. The van der Waals surface area contributed by atoms with E-state index in [9.17, 15) is 4.39 Å². The van der Waals surface area contributed by atoms with Gasteiger partial charge in [-0.2, -0.15) is 0 Å². The van der Waals surface area contributed by atoms with Crippen molar-refractivity contribution in [3.63, 3.8) is 0 Å². The Morgan fingerprint density at radius 3 is 2.67 bits per heavy atom. The molecule has 0 aliphatic carbocycles. The molecule has 3 heteroatoms. The SMILES string of the molecule is CN1CCC(NCC(C)(C)F)C1. The van der Waals surface area contributed by atoms with E-state index in [4.69, 9.17) is 0 Å². The minimum Gasteiger partial charge on any atom is -0.310 e. The number of halogens is 1. The summed E-state index contributed by atoms with van der Waals surface area (Å²) in [5.74, 6) is 0. The lowest BCUT2D eigenvalue weighted by molar-refractivity contribution is 0.202. The van der Waals surface area contributed by atoms with Crippen molar-refractivity contribution >= 4 is 0 Å². The quantitative estimate of drug-likeness (QED) is 0.687. The molecule has 0 aromatic heterocycles. The first-order valence-electron chi connectivity index (χ1n) is 4.58. The van der Waals surface area contributed by atoms with Crippen LogP contribution in [0.3, 0.4) is 0 Å². The van der Waals surface area contributed by atoms with Crippen molar-refractivity contribution in [2.75, 3.05) is 26.7 Å². The van der Waals surface area contributed by atoms with Gasteiger partial charge in [0.15, 0.2) is 0 Å². The van der Waals surface area contributed by atoms with Crippen molar-refractivity contribution in [2.24, 2.45) is 0 Å². The maximum absolute atomic E-state index is 13.1. The molecule has 1 N–H and O–H groups in total. The van der Waals surface area contributed by atoms with Crippen LogP contribution in [0, 0.1) is 0 Å². The number of rotatable bonds is 3. The Labute approximate surface area is 74.1 Å². The third kappa shape index (κ3) is 3.50. The number of likely N-dealkylation sites (tertiary alicyclic amines) is 1. The Bertz CT molecular complexity index is 142. The van der Waals surface area contributed by atoms with Gasteiger partial charge in [0.25, 0.3) is 0 Å². The van der Waals surface area contributed by atoms with Gasteiger partial charge in [0.05, 0.1) is 0 Å². The topological polar surface area (TPSA) is 15.3 Å². The zero-order valence-corrected chi connectivity index (χ0v) is 8.23. The summed E-state index contributed by atoms with van der Waals surface area (Å²) in [5, 5.41) is 3.24. The molecule has 1 heterocycles. The number of hydrogen-bond acceptors (Lipinski definition) is 2. The fourth-order valence-corrected chi connectivity index (χ4v) is 1.49. The molecule has 0 spiro atoms. The summed E-state index contributed by atoms with van der Waals surface area (Å²) in [5.41, 5.74) is -1.08. The van der Waals surface area contributed by atoms with Gasteiger partial charge in [-0.3, -0.25) is 0 Å². The lowest BCUT2D eigenvalue weighted by atomic mass is 10.1. The fourth-order valence-electron chi connectivity index (χ4n) is 1.49. The van der Waals surface area contributed by atoms with Crippen LogP contribution in [0.15, 0.2) is 0 Å². The van der Waals surface area contributed by atoms with E-state index >= 15 is 0 Å². The highest BCUT2D eigenvalue weighted by Crippen LogP contribution is 2.10. The molecule has 0 radical (unpaired) electrons. The maximum atomic E-state index is 13.1. The van der Waals surface area contributed by atoms with Crippen LogP contribution in [0.2, 0.25) is 0 Å². The number of nitrogens with zero attached hydrogens (tertiary/aromatic N) is 1. The Morgan fingerprint density at radius 1 is 1.58 bits per heavy atom. The Kier molecular flexibility index (Phi) is 3.07. The largest absolute Gasteiger partial charge is 0.310 e. The number of alkyl halides is 1. The molecular weight excluding hydrogens is 155 g/mol. The summed E-state index contributed by atoms with van der Waals surface area (Å²) in [6, 6.07) is 0.491. The van der Waals surface area contributed by atoms with Crippen LogP contribution in [0.25, 0.3) is 0 Å². The van der Waals surface area contributed by atoms with E-state index in [0.29, 0.717) is 12.6 Å². The van der Waals surface area contributed by atoms with Crippen molar-refractivity contribution in [3.8, 4) is 0 Å². The molecule has 1 rings (SSSR count). The van der Waals surface area contributed by atoms with Gasteiger partial charge in [-0.1, -0.05) is 0 Å². The van der Waals surface area contributed by atoms with E-state index in [1.54, 1.807) is 13.8 Å². The number of nitrogens with one attached hydrogen (secondary N) is 1. The van der Waals surface area contributed by atoms with Crippen molar-refractivity contribution in [3.05, 3.63) is 0 Å². The van der Waals surface area contributed by atoms with E-state index in [0.717, 1.165) is 19.5 Å². The van der Waals surface area contributed by atoms with Crippen molar-refractivity contribution in [1.29, 1.82) is 0 Å². The molecule has 0 saturated carbocycles. The molecule has 2 nitrogen and oxygen atoms in total. The highest BCUT2D eigenvalue weighted by Gasteiger charge is 2.22. The van der Waals surface area contributed by atoms with E-state index in [2.05, 4.69) is 17.3 Å². The van der Waals surface area contributed by atoms with Gasteiger partial charge in [-0.25, -0.2) is 4.39 Å². The predicted octanol–water partition coefficient (Wildman–Crippen LogP) is 1.03. The number of likely N-dealkylation sites (N-methyl/N-ethyl adjacent to an activating group) is 1. The molecule has 1 unspecified atom stereocenters. The summed E-state index contributed by atoms with van der Waals surface area (Å²) in [6.07, 6.45) is 1.15. The van der Waals surface area contributed by atoms with Gasteiger partial charge in [0, 0.05) is 19.1 Å². The van der Waals surface area contributed by atoms with E-state index in [-0.39, 0.29) is 0 Å². The molecule has 1 aliphatic heterocycles. The Morgan fingerprint density at radius 2 is 2.25 bits per heavy atom. The van der Waals surface area contributed by atoms with E-state index in [1.807, 2.05) is 0 Å². The minimum absolute atomic E-state index is 0.464. The Hall–Kier alpha value is -0.150. The highest BCUT2D eigenvalue weighted by molar-refractivity contribution is 4.81.